The molecule has 6 nitrogen and oxygen atoms in total. The minimum absolute atomic E-state index is 0.262. The van der Waals surface area contributed by atoms with E-state index < -0.39 is 0 Å². The van der Waals surface area contributed by atoms with Gasteiger partial charge in [0.2, 0.25) is 0 Å². The minimum Gasteiger partial charge on any atom is -0.495 e. The zero-order valence-electron chi connectivity index (χ0n) is 14.6. The van der Waals surface area contributed by atoms with Crippen LogP contribution in [-0.4, -0.2) is 22.8 Å². The van der Waals surface area contributed by atoms with Crippen molar-refractivity contribution < 1.29 is 13.9 Å². The van der Waals surface area contributed by atoms with E-state index in [1.54, 1.807) is 47.3 Å². The van der Waals surface area contributed by atoms with E-state index in [1.165, 1.54) is 19.2 Å². The number of carbonyl (C=O) groups excluding carboxylic acids is 1. The van der Waals surface area contributed by atoms with E-state index in [2.05, 4.69) is 10.4 Å². The molecule has 0 bridgehead atoms. The maximum absolute atomic E-state index is 13.2. The summed E-state index contributed by atoms with van der Waals surface area (Å²) in [7, 11) is 1.52. The molecule has 0 unspecified atom stereocenters. The third kappa shape index (κ3) is 4.12. The van der Waals surface area contributed by atoms with Crippen molar-refractivity contribution in [1.29, 1.82) is 5.26 Å². The minimum atomic E-state index is -0.373. The van der Waals surface area contributed by atoms with Gasteiger partial charge in [-0.25, -0.2) is 4.39 Å². The Kier molecular flexibility index (Phi) is 5.47. The summed E-state index contributed by atoms with van der Waals surface area (Å²) in [5.41, 5.74) is 1.88. The third-order valence-electron chi connectivity index (χ3n) is 3.93. The lowest BCUT2D eigenvalue weighted by atomic mass is 10.1. The highest BCUT2D eigenvalue weighted by molar-refractivity contribution is 6.08. The van der Waals surface area contributed by atoms with E-state index in [1.807, 2.05) is 6.07 Å². The Labute approximate surface area is 155 Å². The van der Waals surface area contributed by atoms with Crippen LogP contribution in [0.3, 0.4) is 0 Å². The molecule has 0 radical (unpaired) electrons. The first kappa shape index (κ1) is 18.1. The highest BCUT2D eigenvalue weighted by Crippen LogP contribution is 2.27. The van der Waals surface area contributed by atoms with Crippen molar-refractivity contribution in [3.05, 3.63) is 66.1 Å². The Morgan fingerprint density at radius 2 is 2.00 bits per heavy atom. The number of hydrogen-bond acceptors (Lipinski definition) is 4. The number of anilines is 1. The standard InChI is InChI=1S/C20H17FN4O2/c1-27-18-6-3-2-5-17(18)23-20(26)16-13-25(12-4-11-22)24-19(16)14-7-9-15(21)10-8-14/h2-3,5-10,13H,4,12H2,1H3,(H,23,26). The van der Waals surface area contributed by atoms with Crippen molar-refractivity contribution in [3.63, 3.8) is 0 Å². The quantitative estimate of drug-likeness (QED) is 0.720. The maximum Gasteiger partial charge on any atom is 0.259 e. The van der Waals surface area contributed by atoms with Gasteiger partial charge in [0.25, 0.3) is 5.91 Å². The molecule has 0 saturated heterocycles. The fourth-order valence-electron chi connectivity index (χ4n) is 2.63. The highest BCUT2D eigenvalue weighted by atomic mass is 19.1. The normalized spacial score (nSPS) is 10.3. The molecule has 0 aliphatic heterocycles. The summed E-state index contributed by atoms with van der Waals surface area (Å²) in [6.45, 7) is 0.354. The molecule has 136 valence electrons. The number of amides is 1. The van der Waals surface area contributed by atoms with Gasteiger partial charge in [0.05, 0.1) is 37.4 Å². The molecule has 3 rings (SSSR count). The molecule has 0 fully saturated rings. The smallest absolute Gasteiger partial charge is 0.259 e. The predicted molar refractivity (Wildman–Crippen MR) is 98.8 cm³/mol. The summed E-state index contributed by atoms with van der Waals surface area (Å²) in [6.07, 6.45) is 1.85. The van der Waals surface area contributed by atoms with Gasteiger partial charge in [0.15, 0.2) is 0 Å². The van der Waals surface area contributed by atoms with Crippen molar-refractivity contribution in [1.82, 2.24) is 9.78 Å². The number of nitrogens with one attached hydrogen (secondary N) is 1. The Balaban J connectivity index is 1.97. The molecule has 0 atom stereocenters. The fourth-order valence-corrected chi connectivity index (χ4v) is 2.63. The number of halogens is 1. The zero-order valence-corrected chi connectivity index (χ0v) is 14.6. The van der Waals surface area contributed by atoms with Gasteiger partial charge in [0, 0.05) is 11.8 Å². The van der Waals surface area contributed by atoms with Crippen LogP contribution in [0, 0.1) is 17.1 Å². The van der Waals surface area contributed by atoms with Crippen LogP contribution in [0.25, 0.3) is 11.3 Å². The topological polar surface area (TPSA) is 79.9 Å². The van der Waals surface area contributed by atoms with Crippen LogP contribution in [-0.2, 0) is 6.54 Å². The SMILES string of the molecule is COc1ccccc1NC(=O)c1cn(CCC#N)nc1-c1ccc(F)cc1. The van der Waals surface area contributed by atoms with Crippen molar-refractivity contribution in [3.8, 4) is 23.1 Å². The molecule has 27 heavy (non-hydrogen) atoms. The summed E-state index contributed by atoms with van der Waals surface area (Å²) >= 11 is 0. The molecule has 1 aromatic heterocycles. The van der Waals surface area contributed by atoms with Gasteiger partial charge in [-0.05, 0) is 36.4 Å². The van der Waals surface area contributed by atoms with Crippen LogP contribution in [0.2, 0.25) is 0 Å². The molecule has 1 N–H and O–H groups in total. The monoisotopic (exact) mass is 364 g/mol. The molecular formula is C20H17FN4O2. The third-order valence-corrected chi connectivity index (χ3v) is 3.93. The average Bonchev–Trinajstić information content (AvgIpc) is 3.11. The maximum atomic E-state index is 13.2. The highest BCUT2D eigenvalue weighted by Gasteiger charge is 2.19. The largest absolute Gasteiger partial charge is 0.495 e. The summed E-state index contributed by atoms with van der Waals surface area (Å²) in [5, 5.41) is 16.0. The molecule has 0 spiro atoms. The number of nitriles is 1. The van der Waals surface area contributed by atoms with Crippen LogP contribution >= 0.6 is 0 Å². The number of rotatable bonds is 6. The summed E-state index contributed by atoms with van der Waals surface area (Å²) in [6, 6.07) is 14.9. The zero-order chi connectivity index (χ0) is 19.2. The number of para-hydroxylation sites is 2. The van der Waals surface area contributed by atoms with Crippen LogP contribution in [0.1, 0.15) is 16.8 Å². The number of benzene rings is 2. The summed E-state index contributed by atoms with van der Waals surface area (Å²) < 4.78 is 20.0. The van der Waals surface area contributed by atoms with Crippen LogP contribution < -0.4 is 10.1 Å². The molecule has 2 aromatic carbocycles. The van der Waals surface area contributed by atoms with Gasteiger partial charge in [0.1, 0.15) is 17.3 Å². The number of nitrogens with zero attached hydrogens (tertiary/aromatic N) is 3. The second kappa shape index (κ2) is 8.15. The molecular weight excluding hydrogens is 347 g/mol. The molecule has 0 aliphatic rings. The van der Waals surface area contributed by atoms with Crippen LogP contribution in [0.4, 0.5) is 10.1 Å². The summed E-state index contributed by atoms with van der Waals surface area (Å²) in [4.78, 5) is 12.9. The number of ether oxygens (including phenoxy) is 1. The number of aromatic nitrogens is 2. The molecule has 3 aromatic rings. The molecule has 1 heterocycles. The van der Waals surface area contributed by atoms with E-state index in [-0.39, 0.29) is 18.1 Å². The number of carbonyl (C=O) groups is 1. The lowest BCUT2D eigenvalue weighted by molar-refractivity contribution is 0.102. The second-order valence-electron chi connectivity index (χ2n) is 5.72. The van der Waals surface area contributed by atoms with E-state index in [0.717, 1.165) is 0 Å². The van der Waals surface area contributed by atoms with E-state index in [4.69, 9.17) is 10.00 Å². The van der Waals surface area contributed by atoms with Gasteiger partial charge in [-0.2, -0.15) is 10.4 Å². The number of hydrogen-bond donors (Lipinski definition) is 1. The summed E-state index contributed by atoms with van der Waals surface area (Å²) in [5.74, 6) is -0.212. The van der Waals surface area contributed by atoms with E-state index in [0.29, 0.717) is 34.8 Å². The van der Waals surface area contributed by atoms with Gasteiger partial charge in [-0.1, -0.05) is 12.1 Å². The predicted octanol–water partition coefficient (Wildman–Crippen LogP) is 3.86. The molecule has 1 amide bonds. The lowest BCUT2D eigenvalue weighted by Gasteiger charge is -2.09. The molecule has 0 aliphatic carbocycles. The Morgan fingerprint density at radius 1 is 1.26 bits per heavy atom. The average molecular weight is 364 g/mol. The van der Waals surface area contributed by atoms with Gasteiger partial charge in [-0.15, -0.1) is 0 Å². The first-order chi connectivity index (χ1) is 13.1. The first-order valence-electron chi connectivity index (χ1n) is 8.27. The van der Waals surface area contributed by atoms with Crippen molar-refractivity contribution in [2.75, 3.05) is 12.4 Å². The van der Waals surface area contributed by atoms with Crippen molar-refractivity contribution in [2.45, 2.75) is 13.0 Å². The van der Waals surface area contributed by atoms with Crippen molar-refractivity contribution in [2.24, 2.45) is 0 Å². The lowest BCUT2D eigenvalue weighted by Crippen LogP contribution is -2.13. The van der Waals surface area contributed by atoms with Crippen LogP contribution in [0.5, 0.6) is 5.75 Å². The Hall–Kier alpha value is -3.66. The van der Waals surface area contributed by atoms with Crippen LogP contribution in [0.15, 0.2) is 54.7 Å². The van der Waals surface area contributed by atoms with E-state index in [9.17, 15) is 9.18 Å². The molecule has 7 heteroatoms. The second-order valence-corrected chi connectivity index (χ2v) is 5.72. The van der Waals surface area contributed by atoms with Gasteiger partial charge in [-0.3, -0.25) is 9.48 Å². The van der Waals surface area contributed by atoms with Crippen molar-refractivity contribution >= 4 is 11.6 Å². The number of methoxy groups -OCH3 is 1. The fraction of sp³-hybridized carbons (Fsp3) is 0.150. The first-order valence-corrected chi connectivity index (χ1v) is 8.27. The Bertz CT molecular complexity index is 990. The molecule has 0 saturated carbocycles. The van der Waals surface area contributed by atoms with Gasteiger partial charge >= 0.3 is 0 Å². The van der Waals surface area contributed by atoms with E-state index >= 15 is 0 Å². The Morgan fingerprint density at radius 3 is 2.70 bits per heavy atom. The van der Waals surface area contributed by atoms with Gasteiger partial charge < -0.3 is 10.1 Å². The number of aryl methyl sites for hydroxylation is 1.